The first-order valence-electron chi connectivity index (χ1n) is 4.36. The van der Waals surface area contributed by atoms with Gasteiger partial charge in [0.15, 0.2) is 0 Å². The summed E-state index contributed by atoms with van der Waals surface area (Å²) in [5.74, 6) is 0.630. The molecular weight excluding hydrogens is 164 g/mol. The quantitative estimate of drug-likeness (QED) is 0.753. The van der Waals surface area contributed by atoms with E-state index >= 15 is 0 Å². The third-order valence-electron chi connectivity index (χ3n) is 1.96. The lowest BCUT2D eigenvalue weighted by molar-refractivity contribution is -0.115. The van der Waals surface area contributed by atoms with Gasteiger partial charge in [-0.2, -0.15) is 0 Å². The van der Waals surface area contributed by atoms with Crippen LogP contribution in [0, 0.1) is 13.8 Å². The number of carbonyl (C=O) groups is 1. The maximum absolute atomic E-state index is 11.0. The molecule has 1 aromatic rings. The second kappa shape index (κ2) is 4.03. The molecule has 0 spiro atoms. The van der Waals surface area contributed by atoms with Crippen LogP contribution >= 0.6 is 0 Å². The van der Waals surface area contributed by atoms with E-state index in [0.29, 0.717) is 12.2 Å². The molecule has 1 amide bonds. The summed E-state index contributed by atoms with van der Waals surface area (Å²) in [6, 6.07) is 1.88. The third kappa shape index (κ3) is 2.54. The Kier molecular flexibility index (Phi) is 3.01. The van der Waals surface area contributed by atoms with E-state index in [9.17, 15) is 4.79 Å². The monoisotopic (exact) mass is 178 g/mol. The molecule has 0 unspecified atom stereocenters. The fourth-order valence-electron chi connectivity index (χ4n) is 0.924. The molecule has 1 rings (SSSR count). The van der Waals surface area contributed by atoms with Crippen LogP contribution in [0.25, 0.3) is 0 Å². The summed E-state index contributed by atoms with van der Waals surface area (Å²) >= 11 is 0. The maximum Gasteiger partial charge on any atom is 0.225 e. The Balaban J connectivity index is 2.79. The number of hydrogen-bond acceptors (Lipinski definition) is 2. The Bertz CT molecular complexity index is 321. The number of anilines is 1. The molecule has 0 aromatic carbocycles. The van der Waals surface area contributed by atoms with Crippen LogP contribution in [0.15, 0.2) is 12.3 Å². The van der Waals surface area contributed by atoms with E-state index in [1.165, 1.54) is 0 Å². The summed E-state index contributed by atoms with van der Waals surface area (Å²) in [5, 5.41) is 2.71. The average molecular weight is 178 g/mol. The topological polar surface area (TPSA) is 42.0 Å². The van der Waals surface area contributed by atoms with Crippen LogP contribution < -0.4 is 5.32 Å². The summed E-state index contributed by atoms with van der Waals surface area (Å²) in [6.07, 6.45) is 2.25. The van der Waals surface area contributed by atoms with Crippen molar-refractivity contribution in [1.82, 2.24) is 4.98 Å². The zero-order chi connectivity index (χ0) is 9.84. The number of pyridine rings is 1. The standard InChI is InChI=1S/C10H14N2O/c1-4-10(13)12-9-5-7(2)8(3)6-11-9/h5-6H,4H2,1-3H3,(H,11,12,13). The van der Waals surface area contributed by atoms with Crippen LogP contribution in [-0.2, 0) is 4.79 Å². The number of nitrogens with one attached hydrogen (secondary N) is 1. The number of aromatic nitrogens is 1. The van der Waals surface area contributed by atoms with Gasteiger partial charge in [-0.25, -0.2) is 4.98 Å². The molecule has 0 aliphatic carbocycles. The molecule has 0 saturated carbocycles. The molecule has 70 valence electrons. The van der Waals surface area contributed by atoms with Gasteiger partial charge >= 0.3 is 0 Å². The Morgan fingerprint density at radius 3 is 2.69 bits per heavy atom. The van der Waals surface area contributed by atoms with Gasteiger partial charge in [0.25, 0.3) is 0 Å². The van der Waals surface area contributed by atoms with Gasteiger partial charge < -0.3 is 5.32 Å². The van der Waals surface area contributed by atoms with Crippen molar-refractivity contribution in [3.05, 3.63) is 23.4 Å². The van der Waals surface area contributed by atoms with Crippen LogP contribution in [0.5, 0.6) is 0 Å². The maximum atomic E-state index is 11.0. The van der Waals surface area contributed by atoms with E-state index in [1.54, 1.807) is 6.20 Å². The fraction of sp³-hybridized carbons (Fsp3) is 0.400. The van der Waals surface area contributed by atoms with Crippen LogP contribution in [0.3, 0.4) is 0 Å². The van der Waals surface area contributed by atoms with Crippen LogP contribution in [0.4, 0.5) is 5.82 Å². The number of hydrogen-bond donors (Lipinski definition) is 1. The number of amides is 1. The Labute approximate surface area is 78.2 Å². The molecule has 0 aliphatic heterocycles. The van der Waals surface area contributed by atoms with Gasteiger partial charge in [-0.15, -0.1) is 0 Å². The fourth-order valence-corrected chi connectivity index (χ4v) is 0.924. The average Bonchev–Trinajstić information content (AvgIpc) is 2.11. The highest BCUT2D eigenvalue weighted by Gasteiger charge is 2.00. The van der Waals surface area contributed by atoms with E-state index in [1.807, 2.05) is 26.8 Å². The molecule has 0 atom stereocenters. The van der Waals surface area contributed by atoms with Crippen molar-refractivity contribution in [1.29, 1.82) is 0 Å². The number of rotatable bonds is 2. The molecule has 0 radical (unpaired) electrons. The summed E-state index contributed by atoms with van der Waals surface area (Å²) in [7, 11) is 0. The lowest BCUT2D eigenvalue weighted by atomic mass is 10.2. The molecule has 0 aliphatic rings. The number of aryl methyl sites for hydroxylation is 2. The van der Waals surface area contributed by atoms with Crippen LogP contribution in [0.1, 0.15) is 24.5 Å². The Morgan fingerprint density at radius 1 is 1.46 bits per heavy atom. The molecule has 1 N–H and O–H groups in total. The third-order valence-corrected chi connectivity index (χ3v) is 1.96. The minimum atomic E-state index is -0.00393. The number of nitrogens with zero attached hydrogens (tertiary/aromatic N) is 1. The smallest absolute Gasteiger partial charge is 0.225 e. The zero-order valence-corrected chi connectivity index (χ0v) is 8.22. The van der Waals surface area contributed by atoms with Crippen molar-refractivity contribution in [2.75, 3.05) is 5.32 Å². The summed E-state index contributed by atoms with van der Waals surface area (Å²) in [4.78, 5) is 15.1. The summed E-state index contributed by atoms with van der Waals surface area (Å²) < 4.78 is 0. The first-order chi connectivity index (χ1) is 6.13. The molecule has 0 saturated heterocycles. The van der Waals surface area contributed by atoms with Crippen molar-refractivity contribution in [3.8, 4) is 0 Å². The highest BCUT2D eigenvalue weighted by molar-refractivity contribution is 5.89. The van der Waals surface area contributed by atoms with E-state index in [0.717, 1.165) is 11.1 Å². The van der Waals surface area contributed by atoms with Gasteiger partial charge in [-0.3, -0.25) is 4.79 Å². The largest absolute Gasteiger partial charge is 0.311 e. The molecule has 0 bridgehead atoms. The number of carbonyl (C=O) groups excluding carboxylic acids is 1. The molecule has 3 heteroatoms. The first-order valence-corrected chi connectivity index (χ1v) is 4.36. The van der Waals surface area contributed by atoms with E-state index < -0.39 is 0 Å². The second-order valence-corrected chi connectivity index (χ2v) is 3.06. The molecule has 3 nitrogen and oxygen atoms in total. The molecular formula is C10H14N2O. The Hall–Kier alpha value is -1.38. The van der Waals surface area contributed by atoms with Crippen LogP contribution in [-0.4, -0.2) is 10.9 Å². The van der Waals surface area contributed by atoms with Gasteiger partial charge in [0.05, 0.1) is 0 Å². The van der Waals surface area contributed by atoms with Gasteiger partial charge in [-0.1, -0.05) is 6.92 Å². The van der Waals surface area contributed by atoms with Gasteiger partial charge in [0.1, 0.15) is 5.82 Å². The second-order valence-electron chi connectivity index (χ2n) is 3.06. The first kappa shape index (κ1) is 9.71. The van der Waals surface area contributed by atoms with Crippen LogP contribution in [0.2, 0.25) is 0 Å². The lowest BCUT2D eigenvalue weighted by Crippen LogP contribution is -2.10. The SMILES string of the molecule is CCC(=O)Nc1cc(C)c(C)cn1. The van der Waals surface area contributed by atoms with E-state index in [-0.39, 0.29) is 5.91 Å². The zero-order valence-electron chi connectivity index (χ0n) is 8.22. The highest BCUT2D eigenvalue weighted by atomic mass is 16.1. The summed E-state index contributed by atoms with van der Waals surface area (Å²) in [5.41, 5.74) is 2.27. The van der Waals surface area contributed by atoms with Gasteiger partial charge in [0.2, 0.25) is 5.91 Å². The van der Waals surface area contributed by atoms with Crippen molar-refractivity contribution in [2.24, 2.45) is 0 Å². The molecule has 1 heterocycles. The normalized spacial score (nSPS) is 9.77. The minimum absolute atomic E-state index is 0.00393. The molecule has 13 heavy (non-hydrogen) atoms. The summed E-state index contributed by atoms with van der Waals surface area (Å²) in [6.45, 7) is 5.81. The predicted octanol–water partition coefficient (Wildman–Crippen LogP) is 2.05. The van der Waals surface area contributed by atoms with E-state index in [2.05, 4.69) is 10.3 Å². The van der Waals surface area contributed by atoms with Gasteiger partial charge in [-0.05, 0) is 31.0 Å². The molecule has 0 fully saturated rings. The van der Waals surface area contributed by atoms with Crippen molar-refractivity contribution in [2.45, 2.75) is 27.2 Å². The Morgan fingerprint density at radius 2 is 2.15 bits per heavy atom. The van der Waals surface area contributed by atoms with E-state index in [4.69, 9.17) is 0 Å². The minimum Gasteiger partial charge on any atom is -0.311 e. The highest BCUT2D eigenvalue weighted by Crippen LogP contribution is 2.10. The van der Waals surface area contributed by atoms with Gasteiger partial charge in [0, 0.05) is 12.6 Å². The predicted molar refractivity (Wildman–Crippen MR) is 52.6 cm³/mol. The van der Waals surface area contributed by atoms with Crippen molar-refractivity contribution in [3.63, 3.8) is 0 Å². The lowest BCUT2D eigenvalue weighted by Gasteiger charge is -2.04. The molecule has 1 aromatic heterocycles. The van der Waals surface area contributed by atoms with Crippen molar-refractivity contribution < 1.29 is 4.79 Å². The van der Waals surface area contributed by atoms with Crippen molar-refractivity contribution >= 4 is 11.7 Å².